The van der Waals surface area contributed by atoms with Gasteiger partial charge in [0.25, 0.3) is 0 Å². The number of allylic oxidation sites excluding steroid dienone is 1. The van der Waals surface area contributed by atoms with Gasteiger partial charge in [0.2, 0.25) is 5.91 Å². The summed E-state index contributed by atoms with van der Waals surface area (Å²) in [5.41, 5.74) is 5.11. The molecule has 1 aromatic heterocycles. The highest BCUT2D eigenvalue weighted by Gasteiger charge is 2.22. The molecule has 1 aliphatic rings. The average Bonchev–Trinajstić information content (AvgIpc) is 3.49. The number of furan rings is 1. The normalized spacial score (nSPS) is 14.2. The maximum atomic E-state index is 12.7. The number of benzene rings is 2. The molecule has 0 N–H and O–H groups in total. The largest absolute Gasteiger partial charge is 0.497 e. The van der Waals surface area contributed by atoms with Crippen LogP contribution in [0.25, 0.3) is 27.7 Å². The van der Waals surface area contributed by atoms with E-state index in [2.05, 4.69) is 0 Å². The maximum Gasteiger partial charge on any atom is 0.246 e. The minimum Gasteiger partial charge on any atom is -0.497 e. The number of fused-ring (bicyclic) bond motifs is 1. The Labute approximate surface area is 188 Å². The summed E-state index contributed by atoms with van der Waals surface area (Å²) in [5.74, 6) is 2.20. The van der Waals surface area contributed by atoms with Gasteiger partial charge in [-0.25, -0.2) is 0 Å². The lowest BCUT2D eigenvalue weighted by molar-refractivity contribution is -0.124. The zero-order valence-electron chi connectivity index (χ0n) is 19.3. The van der Waals surface area contributed by atoms with Crippen molar-refractivity contribution in [1.29, 1.82) is 0 Å². The molecule has 2 aromatic carbocycles. The van der Waals surface area contributed by atoms with E-state index in [1.165, 1.54) is 0 Å². The van der Waals surface area contributed by atoms with Gasteiger partial charge in [-0.1, -0.05) is 0 Å². The van der Waals surface area contributed by atoms with Gasteiger partial charge in [-0.2, -0.15) is 0 Å². The average molecular weight is 436 g/mol. The van der Waals surface area contributed by atoms with Crippen LogP contribution in [0.5, 0.6) is 17.2 Å². The molecule has 32 heavy (non-hydrogen) atoms. The predicted molar refractivity (Wildman–Crippen MR) is 126 cm³/mol. The summed E-state index contributed by atoms with van der Waals surface area (Å²) in [5, 5.41) is 0.922. The highest BCUT2D eigenvalue weighted by Crippen LogP contribution is 2.43. The lowest BCUT2D eigenvalue weighted by Crippen LogP contribution is -2.25. The van der Waals surface area contributed by atoms with Crippen LogP contribution in [-0.4, -0.2) is 45.2 Å². The second-order valence-electron chi connectivity index (χ2n) is 8.03. The van der Waals surface area contributed by atoms with Gasteiger partial charge in [0, 0.05) is 46.8 Å². The van der Waals surface area contributed by atoms with Crippen molar-refractivity contribution in [3.05, 3.63) is 47.7 Å². The van der Waals surface area contributed by atoms with E-state index < -0.39 is 0 Å². The maximum absolute atomic E-state index is 12.7. The van der Waals surface area contributed by atoms with Crippen LogP contribution in [0.1, 0.15) is 30.9 Å². The van der Waals surface area contributed by atoms with E-state index >= 15 is 0 Å². The summed E-state index contributed by atoms with van der Waals surface area (Å²) in [6.45, 7) is 5.55. The first-order valence-electron chi connectivity index (χ1n) is 10.8. The Morgan fingerprint density at radius 3 is 2.44 bits per heavy atom. The highest BCUT2D eigenvalue weighted by molar-refractivity contribution is 6.02. The smallest absolute Gasteiger partial charge is 0.246 e. The molecule has 2 heterocycles. The number of aryl methyl sites for hydroxylation is 1. The Hall–Kier alpha value is -3.41. The summed E-state index contributed by atoms with van der Waals surface area (Å²) in [6, 6.07) is 7.70. The van der Waals surface area contributed by atoms with Crippen LogP contribution < -0.4 is 14.2 Å². The van der Waals surface area contributed by atoms with Crippen LogP contribution in [0, 0.1) is 6.92 Å². The van der Waals surface area contributed by atoms with Crippen molar-refractivity contribution in [1.82, 2.24) is 4.90 Å². The molecule has 0 unspecified atom stereocenters. The molecule has 168 valence electrons. The van der Waals surface area contributed by atoms with E-state index in [4.69, 9.17) is 18.6 Å². The van der Waals surface area contributed by atoms with Crippen LogP contribution in [-0.2, 0) is 4.79 Å². The first-order valence-corrected chi connectivity index (χ1v) is 10.8. The SMILES string of the molecule is COc1ccc(OC)c(-c2coc3c(C)c(OC)c(/C(C)=C/C(=O)N4CCCC4)cc23)c1. The van der Waals surface area contributed by atoms with Crippen molar-refractivity contribution in [2.75, 3.05) is 34.4 Å². The topological polar surface area (TPSA) is 61.1 Å². The molecule has 0 saturated carbocycles. The second-order valence-corrected chi connectivity index (χ2v) is 8.03. The van der Waals surface area contributed by atoms with Gasteiger partial charge >= 0.3 is 0 Å². The molecule has 4 rings (SSSR count). The number of nitrogens with zero attached hydrogens (tertiary/aromatic N) is 1. The fraction of sp³-hybridized carbons (Fsp3) is 0.346. The minimum absolute atomic E-state index is 0.0432. The Bertz CT molecular complexity index is 1180. The van der Waals surface area contributed by atoms with Crippen LogP contribution in [0.4, 0.5) is 0 Å². The van der Waals surface area contributed by atoms with Crippen molar-refractivity contribution in [2.45, 2.75) is 26.7 Å². The summed E-state index contributed by atoms with van der Waals surface area (Å²) in [6.07, 6.45) is 5.56. The molecule has 1 fully saturated rings. The zero-order valence-corrected chi connectivity index (χ0v) is 19.3. The molecule has 0 atom stereocenters. The van der Waals surface area contributed by atoms with Gasteiger partial charge < -0.3 is 23.5 Å². The molecule has 0 radical (unpaired) electrons. The quantitative estimate of drug-likeness (QED) is 0.481. The summed E-state index contributed by atoms with van der Waals surface area (Å²) in [7, 11) is 4.92. The van der Waals surface area contributed by atoms with Crippen molar-refractivity contribution in [3.8, 4) is 28.4 Å². The van der Waals surface area contributed by atoms with Crippen molar-refractivity contribution in [2.24, 2.45) is 0 Å². The molecule has 0 bridgehead atoms. The van der Waals surface area contributed by atoms with E-state index in [0.717, 1.165) is 76.2 Å². The molecular weight excluding hydrogens is 406 g/mol. The third-order valence-corrected chi connectivity index (χ3v) is 6.13. The molecule has 1 amide bonds. The van der Waals surface area contributed by atoms with Gasteiger partial charge in [-0.15, -0.1) is 0 Å². The van der Waals surface area contributed by atoms with Gasteiger partial charge in [-0.05, 0) is 56.5 Å². The van der Waals surface area contributed by atoms with E-state index in [1.807, 2.05) is 43.0 Å². The van der Waals surface area contributed by atoms with Gasteiger partial charge in [0.15, 0.2) is 0 Å². The van der Waals surface area contributed by atoms with E-state index in [9.17, 15) is 4.79 Å². The zero-order chi connectivity index (χ0) is 22.8. The Kier molecular flexibility index (Phi) is 6.12. The van der Waals surface area contributed by atoms with E-state index in [-0.39, 0.29) is 5.91 Å². The Morgan fingerprint density at radius 2 is 1.78 bits per heavy atom. The van der Waals surface area contributed by atoms with Crippen molar-refractivity contribution >= 4 is 22.4 Å². The number of hydrogen-bond acceptors (Lipinski definition) is 5. The molecule has 1 saturated heterocycles. The predicted octanol–water partition coefficient (Wildman–Crippen LogP) is 5.46. The summed E-state index contributed by atoms with van der Waals surface area (Å²) >= 11 is 0. The van der Waals surface area contributed by atoms with Gasteiger partial charge in [-0.3, -0.25) is 4.79 Å². The number of hydrogen-bond donors (Lipinski definition) is 0. The first kappa shape index (κ1) is 21.8. The molecule has 0 spiro atoms. The molecule has 0 aliphatic carbocycles. The lowest BCUT2D eigenvalue weighted by Gasteiger charge is -2.16. The monoisotopic (exact) mass is 435 g/mol. The lowest BCUT2D eigenvalue weighted by atomic mass is 9.96. The summed E-state index contributed by atoms with van der Waals surface area (Å²) in [4.78, 5) is 14.6. The van der Waals surface area contributed by atoms with Gasteiger partial charge in [0.1, 0.15) is 22.8 Å². The van der Waals surface area contributed by atoms with Crippen molar-refractivity contribution < 1.29 is 23.4 Å². The van der Waals surface area contributed by atoms with Crippen LogP contribution >= 0.6 is 0 Å². The van der Waals surface area contributed by atoms with Crippen molar-refractivity contribution in [3.63, 3.8) is 0 Å². The number of likely N-dealkylation sites (tertiary alicyclic amines) is 1. The Morgan fingerprint density at radius 1 is 1.03 bits per heavy atom. The first-order chi connectivity index (χ1) is 15.5. The Balaban J connectivity index is 1.88. The standard InChI is InChI=1S/C26H29NO5/c1-16(12-24(28)27-10-6-7-11-27)19-14-21-22(15-32-26(21)17(2)25(19)31-5)20-13-18(29-3)8-9-23(20)30-4/h8-9,12-15H,6-7,10-11H2,1-5H3/b16-12+. The number of ether oxygens (including phenoxy) is 3. The fourth-order valence-corrected chi connectivity index (χ4v) is 4.40. The number of rotatable bonds is 6. The number of amides is 1. The van der Waals surface area contributed by atoms with Crippen LogP contribution in [0.15, 0.2) is 41.0 Å². The fourth-order valence-electron chi connectivity index (χ4n) is 4.40. The second kappa shape index (κ2) is 8.99. The molecule has 3 aromatic rings. The molecular formula is C26H29NO5. The van der Waals surface area contributed by atoms with Crippen LogP contribution in [0.3, 0.4) is 0 Å². The molecule has 1 aliphatic heterocycles. The van der Waals surface area contributed by atoms with Gasteiger partial charge in [0.05, 0.1) is 27.6 Å². The third-order valence-electron chi connectivity index (χ3n) is 6.13. The minimum atomic E-state index is 0.0432. The summed E-state index contributed by atoms with van der Waals surface area (Å²) < 4.78 is 22.7. The third kappa shape index (κ3) is 3.81. The molecule has 6 heteroatoms. The van der Waals surface area contributed by atoms with E-state index in [1.54, 1.807) is 33.7 Å². The highest BCUT2D eigenvalue weighted by atomic mass is 16.5. The van der Waals surface area contributed by atoms with Crippen LogP contribution in [0.2, 0.25) is 0 Å². The number of methoxy groups -OCH3 is 3. The number of carbonyl (C=O) groups excluding carboxylic acids is 1. The van der Waals surface area contributed by atoms with E-state index in [0.29, 0.717) is 5.75 Å². The number of carbonyl (C=O) groups is 1. The molecule has 6 nitrogen and oxygen atoms in total.